The zero-order valence-corrected chi connectivity index (χ0v) is 22.4. The summed E-state index contributed by atoms with van der Waals surface area (Å²) in [5.74, 6) is -0.913. The summed E-state index contributed by atoms with van der Waals surface area (Å²) in [4.78, 5) is 59.5. The zero-order chi connectivity index (χ0) is 28.2. The number of terminal acetylenes is 1. The number of carbonyl (C=O) groups excluding carboxylic acids is 2. The molecule has 5 N–H and O–H groups in total. The van der Waals surface area contributed by atoms with Crippen LogP contribution in [0.1, 0.15) is 12.1 Å². The molecule has 2 fully saturated rings. The number of thiazole rings is 1. The summed E-state index contributed by atoms with van der Waals surface area (Å²) >= 11 is 3.37. The maximum atomic E-state index is 13.0. The lowest BCUT2D eigenvalue weighted by molar-refractivity contribution is -0.157. The minimum atomic E-state index is -1.33. The number of β-lactam (4-membered cyclic amide) rings is 1. The number of hydrogen-bond donors (Lipinski definition) is 4. The number of oxime groups is 1. The van der Waals surface area contributed by atoms with E-state index in [0.717, 1.165) is 23.1 Å². The highest BCUT2D eigenvalue weighted by Gasteiger charge is 2.57. The summed E-state index contributed by atoms with van der Waals surface area (Å²) in [6.45, 7) is -0.254. The van der Waals surface area contributed by atoms with Crippen molar-refractivity contribution in [3.8, 4) is 12.3 Å². The third kappa shape index (κ3) is 6.07. The predicted molar refractivity (Wildman–Crippen MR) is 139 cm³/mol. The van der Waals surface area contributed by atoms with Crippen molar-refractivity contribution in [1.29, 1.82) is 0 Å². The number of nitrogens with two attached hydrogens (primary N) is 1. The molecule has 4 heterocycles. The Bertz CT molecular complexity index is 1360. The topological polar surface area (TPSA) is 228 Å². The fourth-order valence-electron chi connectivity index (χ4n) is 3.69. The van der Waals surface area contributed by atoms with Gasteiger partial charge in [-0.15, -0.1) is 34.6 Å². The number of nitrogen functional groups attached to an aromatic ring is 1. The van der Waals surface area contributed by atoms with Crippen LogP contribution >= 0.6 is 34.9 Å². The summed E-state index contributed by atoms with van der Waals surface area (Å²) in [5.41, 5.74) is 4.28. The van der Waals surface area contributed by atoms with E-state index in [9.17, 15) is 24.3 Å². The Labute approximate surface area is 232 Å². The summed E-state index contributed by atoms with van der Waals surface area (Å²) in [6, 6.07) is -0.918. The molecule has 0 saturated carbocycles. The lowest BCUT2D eigenvalue weighted by Crippen LogP contribution is -2.74. The Morgan fingerprint density at radius 1 is 1.41 bits per heavy atom. The van der Waals surface area contributed by atoms with Crippen LogP contribution in [0.15, 0.2) is 15.7 Å². The van der Waals surface area contributed by atoms with Crippen molar-refractivity contribution in [2.75, 3.05) is 30.4 Å². The molecule has 2 aliphatic rings. The van der Waals surface area contributed by atoms with Gasteiger partial charge in [0.25, 0.3) is 5.91 Å². The van der Waals surface area contributed by atoms with Crippen molar-refractivity contribution in [3.63, 3.8) is 0 Å². The molecular weight excluding hydrogens is 574 g/mol. The molecule has 4 rings (SSSR count). The van der Waals surface area contributed by atoms with Crippen LogP contribution in [-0.2, 0) is 30.6 Å². The summed E-state index contributed by atoms with van der Waals surface area (Å²) in [7, 11) is 0. The lowest BCUT2D eigenvalue weighted by Gasteiger charge is -2.53. The maximum Gasteiger partial charge on any atom is 0.313 e. The largest absolute Gasteiger partial charge is 0.481 e. The number of hydrogen-bond acceptors (Lipinski definition) is 14. The van der Waals surface area contributed by atoms with Gasteiger partial charge in [-0.25, -0.2) is 9.67 Å². The molecule has 0 bridgehead atoms. The maximum absolute atomic E-state index is 13.0. The van der Waals surface area contributed by atoms with E-state index >= 15 is 0 Å². The number of anilines is 1. The summed E-state index contributed by atoms with van der Waals surface area (Å²) < 4.78 is 1.29. The van der Waals surface area contributed by atoms with E-state index in [1.54, 1.807) is 0 Å². The Morgan fingerprint density at radius 3 is 2.87 bits per heavy atom. The van der Waals surface area contributed by atoms with Crippen LogP contribution in [0.25, 0.3) is 0 Å². The number of carboxylic acid groups (broad SMARTS) is 2. The molecule has 0 aromatic carbocycles. The number of amides is 2. The second-order valence-corrected chi connectivity index (χ2v) is 11.2. The smallest absolute Gasteiger partial charge is 0.313 e. The number of tetrazole rings is 1. The number of thioether (sulfide) groups is 2. The van der Waals surface area contributed by atoms with Gasteiger partial charge in [0.05, 0.1) is 13.0 Å². The van der Waals surface area contributed by atoms with E-state index in [1.165, 1.54) is 26.7 Å². The van der Waals surface area contributed by atoms with Crippen molar-refractivity contribution < 1.29 is 34.2 Å². The number of carboxylic acids is 2. The van der Waals surface area contributed by atoms with Crippen LogP contribution in [0.2, 0.25) is 0 Å². The number of aromatic nitrogens is 5. The first-order chi connectivity index (χ1) is 18.6. The molecule has 3 atom stereocenters. The number of rotatable bonds is 12. The number of carbonyl (C=O) groups is 4. The van der Waals surface area contributed by atoms with E-state index in [4.69, 9.17) is 22.1 Å². The Balaban J connectivity index is 1.41. The van der Waals surface area contributed by atoms with Gasteiger partial charge < -0.3 is 31.0 Å². The van der Waals surface area contributed by atoms with Gasteiger partial charge in [0, 0.05) is 23.4 Å². The number of nitrogens with one attached hydrogen (secondary N) is 1. The highest BCUT2D eigenvalue weighted by Crippen LogP contribution is 2.44. The fourth-order valence-corrected chi connectivity index (χ4v) is 7.01. The third-order valence-corrected chi connectivity index (χ3v) is 9.19. The molecule has 0 spiro atoms. The Hall–Kier alpha value is -3.89. The van der Waals surface area contributed by atoms with Crippen molar-refractivity contribution in [1.82, 2.24) is 35.4 Å². The summed E-state index contributed by atoms with van der Waals surface area (Å²) in [6.07, 6.45) is 4.95. The summed E-state index contributed by atoms with van der Waals surface area (Å²) in [5, 5.41) is 37.9. The van der Waals surface area contributed by atoms with Gasteiger partial charge in [-0.05, 0) is 10.4 Å². The van der Waals surface area contributed by atoms with Gasteiger partial charge in [-0.1, -0.05) is 22.8 Å². The molecule has 2 unspecified atom stereocenters. The highest BCUT2D eigenvalue weighted by atomic mass is 32.2. The molecule has 2 saturated heterocycles. The van der Waals surface area contributed by atoms with Crippen molar-refractivity contribution in [3.05, 3.63) is 11.1 Å². The third-order valence-electron chi connectivity index (χ3n) is 5.68. The molecule has 2 amide bonds. The Morgan fingerprint density at radius 2 is 2.21 bits per heavy atom. The SMILES string of the molecule is C#CCON=C(C(=O)NC1C(=O)N2CC(CSc3nnnn3CCC(=O)O)(C(=O)O)CS[C@H]12)c1csc(N)n1. The van der Waals surface area contributed by atoms with Crippen LogP contribution < -0.4 is 11.1 Å². The number of aryl methyl sites for hydroxylation is 1. The minimum absolute atomic E-state index is 0.0279. The van der Waals surface area contributed by atoms with Gasteiger partial charge in [0.2, 0.25) is 11.1 Å². The van der Waals surface area contributed by atoms with Crippen molar-refractivity contribution in [2.24, 2.45) is 10.6 Å². The van der Waals surface area contributed by atoms with Crippen LogP contribution in [0.5, 0.6) is 0 Å². The number of aliphatic carboxylic acids is 2. The first-order valence-corrected chi connectivity index (χ1v) is 14.0. The van der Waals surface area contributed by atoms with Gasteiger partial charge in [0.15, 0.2) is 17.5 Å². The Kier molecular flexibility index (Phi) is 8.57. The van der Waals surface area contributed by atoms with Crippen LogP contribution in [0, 0.1) is 17.8 Å². The van der Waals surface area contributed by atoms with E-state index in [-0.39, 0.29) is 59.3 Å². The molecular formula is C20H21N9O7S3. The molecule has 39 heavy (non-hydrogen) atoms. The average molecular weight is 596 g/mol. The number of nitrogens with zero attached hydrogens (tertiary/aromatic N) is 7. The van der Waals surface area contributed by atoms with Gasteiger partial charge in [-0.3, -0.25) is 19.2 Å². The van der Waals surface area contributed by atoms with Crippen LogP contribution in [0.4, 0.5) is 5.13 Å². The molecule has 19 heteroatoms. The molecule has 0 radical (unpaired) electrons. The molecule has 206 valence electrons. The second-order valence-electron chi connectivity index (χ2n) is 8.31. The van der Waals surface area contributed by atoms with Gasteiger partial charge >= 0.3 is 11.9 Å². The van der Waals surface area contributed by atoms with E-state index < -0.39 is 40.6 Å². The first kappa shape index (κ1) is 28.1. The minimum Gasteiger partial charge on any atom is -0.481 e. The van der Waals surface area contributed by atoms with Crippen LogP contribution in [-0.4, -0.2) is 106 Å². The quantitative estimate of drug-likeness (QED) is 0.0565. The second kappa shape index (κ2) is 11.9. The number of fused-ring (bicyclic) bond motifs is 1. The van der Waals surface area contributed by atoms with E-state index in [2.05, 4.69) is 36.9 Å². The van der Waals surface area contributed by atoms with Crippen molar-refractivity contribution >= 4 is 69.5 Å². The van der Waals surface area contributed by atoms with E-state index in [0.29, 0.717) is 0 Å². The van der Waals surface area contributed by atoms with E-state index in [1.807, 2.05) is 0 Å². The fraction of sp³-hybridized carbons (Fsp3) is 0.450. The average Bonchev–Trinajstić information content (AvgIpc) is 3.55. The predicted octanol–water partition coefficient (Wildman–Crippen LogP) is -1.20. The van der Waals surface area contributed by atoms with Gasteiger partial charge in [-0.2, -0.15) is 0 Å². The standard InChI is InChI=1S/C20H21N9O7S3/c1-2-5-36-25-12(10-6-37-18(21)22-10)14(32)23-13-15(33)28-7-20(17(34)35,8-38-16(13)28)9-39-19-24-26-27-29(19)4-3-11(30)31/h1,6,13,16H,3-5,7-9H2,(H2,21,22)(H,23,32)(H,30,31)(H,34,35)/t13?,16-,20?/m1/s1. The molecule has 0 aliphatic carbocycles. The van der Waals surface area contributed by atoms with Gasteiger partial charge in [0.1, 0.15) is 22.5 Å². The molecule has 2 aromatic heterocycles. The highest BCUT2D eigenvalue weighted by molar-refractivity contribution is 8.00. The monoisotopic (exact) mass is 595 g/mol. The zero-order valence-electron chi connectivity index (χ0n) is 19.9. The first-order valence-electron chi connectivity index (χ1n) is 11.1. The molecule has 2 aliphatic heterocycles. The molecule has 16 nitrogen and oxygen atoms in total. The molecule has 2 aromatic rings. The lowest BCUT2D eigenvalue weighted by atomic mass is 9.89. The normalized spacial score (nSPS) is 22.4. The van der Waals surface area contributed by atoms with Crippen molar-refractivity contribution in [2.45, 2.75) is 29.5 Å². The van der Waals surface area contributed by atoms with Crippen LogP contribution in [0.3, 0.4) is 0 Å².